The molecule has 0 aliphatic heterocycles. The molecule has 2 N–H and O–H groups in total. The largest absolute Gasteiger partial charge is 0.573 e. The number of amides is 1. The van der Waals surface area contributed by atoms with Crippen LogP contribution in [0.15, 0.2) is 57.9 Å². The second kappa shape index (κ2) is 8.93. The molecule has 2 aromatic rings. The van der Waals surface area contributed by atoms with Gasteiger partial charge in [0.2, 0.25) is 15.9 Å². The Bertz CT molecular complexity index is 934. The highest BCUT2D eigenvalue weighted by molar-refractivity contribution is 9.10. The SMILES string of the molecule is CC(NC(=O)CNS(=O)(=O)c1ccc(OC(F)(F)F)cc1)c1ccccc1Br. The molecule has 28 heavy (non-hydrogen) atoms. The van der Waals surface area contributed by atoms with Gasteiger partial charge in [-0.3, -0.25) is 4.79 Å². The van der Waals surface area contributed by atoms with E-state index in [1.165, 1.54) is 0 Å². The molecule has 0 radical (unpaired) electrons. The number of carbonyl (C=O) groups is 1. The standard InChI is InChI=1S/C17H16BrF3N2O4S/c1-11(14-4-2-3-5-15(14)18)23-16(24)10-22-28(25,26)13-8-6-12(7-9-13)27-17(19,20)21/h2-9,11,22H,10H2,1H3,(H,23,24). The summed E-state index contributed by atoms with van der Waals surface area (Å²) in [4.78, 5) is 11.7. The summed E-state index contributed by atoms with van der Waals surface area (Å²) in [5, 5.41) is 2.66. The van der Waals surface area contributed by atoms with Gasteiger partial charge in [0.15, 0.2) is 0 Å². The van der Waals surface area contributed by atoms with Gasteiger partial charge >= 0.3 is 6.36 Å². The number of halogens is 4. The summed E-state index contributed by atoms with van der Waals surface area (Å²) >= 11 is 3.37. The van der Waals surface area contributed by atoms with E-state index in [1.54, 1.807) is 13.0 Å². The van der Waals surface area contributed by atoms with Crippen molar-refractivity contribution in [1.82, 2.24) is 10.0 Å². The minimum atomic E-state index is -4.87. The molecule has 2 aromatic carbocycles. The van der Waals surface area contributed by atoms with Crippen molar-refractivity contribution in [3.8, 4) is 5.75 Å². The number of rotatable bonds is 7. The molecular formula is C17H16BrF3N2O4S. The highest BCUT2D eigenvalue weighted by Crippen LogP contribution is 2.24. The summed E-state index contributed by atoms with van der Waals surface area (Å²) in [6.45, 7) is 1.21. The van der Waals surface area contributed by atoms with E-state index in [2.05, 4.69) is 30.7 Å². The Morgan fingerprint density at radius 3 is 2.32 bits per heavy atom. The molecule has 1 atom stereocenters. The van der Waals surface area contributed by atoms with E-state index in [4.69, 9.17) is 0 Å². The predicted octanol–water partition coefficient (Wildman–Crippen LogP) is 3.50. The Morgan fingerprint density at radius 2 is 1.75 bits per heavy atom. The van der Waals surface area contributed by atoms with E-state index in [1.807, 2.05) is 18.2 Å². The molecule has 0 aliphatic carbocycles. The van der Waals surface area contributed by atoms with Crippen LogP contribution < -0.4 is 14.8 Å². The van der Waals surface area contributed by atoms with E-state index in [-0.39, 0.29) is 10.9 Å². The predicted molar refractivity (Wildman–Crippen MR) is 99.0 cm³/mol. The first kappa shape index (κ1) is 22.2. The van der Waals surface area contributed by atoms with Crippen molar-refractivity contribution in [3.05, 3.63) is 58.6 Å². The molecule has 0 saturated heterocycles. The van der Waals surface area contributed by atoms with Gasteiger partial charge in [-0.1, -0.05) is 34.1 Å². The summed E-state index contributed by atoms with van der Waals surface area (Å²) < 4.78 is 67.3. The molecule has 6 nitrogen and oxygen atoms in total. The van der Waals surface area contributed by atoms with Gasteiger partial charge in [-0.2, -0.15) is 0 Å². The van der Waals surface area contributed by atoms with Gasteiger partial charge in [-0.15, -0.1) is 13.2 Å². The molecular weight excluding hydrogens is 465 g/mol. The first-order valence-corrected chi connectivity index (χ1v) is 10.1. The maximum Gasteiger partial charge on any atom is 0.573 e. The van der Waals surface area contributed by atoms with Gasteiger partial charge in [-0.05, 0) is 42.8 Å². The van der Waals surface area contributed by atoms with Crippen LogP contribution in [0.3, 0.4) is 0 Å². The van der Waals surface area contributed by atoms with Crippen molar-refractivity contribution in [1.29, 1.82) is 0 Å². The van der Waals surface area contributed by atoms with Gasteiger partial charge in [0, 0.05) is 4.47 Å². The molecule has 0 bridgehead atoms. The van der Waals surface area contributed by atoms with E-state index < -0.39 is 34.6 Å². The summed E-state index contributed by atoms with van der Waals surface area (Å²) in [5.41, 5.74) is 0.818. The molecule has 0 aliphatic rings. The van der Waals surface area contributed by atoms with Crippen molar-refractivity contribution in [3.63, 3.8) is 0 Å². The number of carbonyl (C=O) groups excluding carboxylic acids is 1. The zero-order valence-electron chi connectivity index (χ0n) is 14.5. The van der Waals surface area contributed by atoms with Crippen LogP contribution in [0, 0.1) is 0 Å². The zero-order valence-corrected chi connectivity index (χ0v) is 16.9. The third-order valence-electron chi connectivity index (χ3n) is 3.54. The highest BCUT2D eigenvalue weighted by Gasteiger charge is 2.31. The first-order chi connectivity index (χ1) is 13.0. The fourth-order valence-corrected chi connectivity index (χ4v) is 3.87. The molecule has 11 heteroatoms. The molecule has 0 spiro atoms. The lowest BCUT2D eigenvalue weighted by Crippen LogP contribution is -2.38. The molecule has 2 rings (SSSR count). The second-order valence-corrected chi connectivity index (χ2v) is 8.28. The molecule has 0 saturated carbocycles. The molecule has 0 aromatic heterocycles. The van der Waals surface area contributed by atoms with Gasteiger partial charge in [-0.25, -0.2) is 13.1 Å². The fraction of sp³-hybridized carbons (Fsp3) is 0.235. The van der Waals surface area contributed by atoms with Crippen LogP contribution in [0.4, 0.5) is 13.2 Å². The Kier molecular flexibility index (Phi) is 7.07. The van der Waals surface area contributed by atoms with E-state index in [0.717, 1.165) is 34.3 Å². The Balaban J connectivity index is 1.95. The number of hydrogen-bond acceptors (Lipinski definition) is 4. The second-order valence-electron chi connectivity index (χ2n) is 5.65. The highest BCUT2D eigenvalue weighted by atomic mass is 79.9. The zero-order chi connectivity index (χ0) is 20.9. The molecule has 0 fully saturated rings. The number of nitrogens with one attached hydrogen (secondary N) is 2. The van der Waals surface area contributed by atoms with Crippen LogP contribution in [0.2, 0.25) is 0 Å². The van der Waals surface area contributed by atoms with Crippen molar-refractivity contribution >= 4 is 31.9 Å². The van der Waals surface area contributed by atoms with Gasteiger partial charge in [0.25, 0.3) is 0 Å². The Labute approximate surface area is 168 Å². The van der Waals surface area contributed by atoms with Gasteiger partial charge < -0.3 is 10.1 Å². The topological polar surface area (TPSA) is 84.5 Å². The third kappa shape index (κ3) is 6.50. The lowest BCUT2D eigenvalue weighted by atomic mass is 10.1. The van der Waals surface area contributed by atoms with Crippen molar-refractivity contribution < 1.29 is 31.1 Å². The molecule has 152 valence electrons. The number of sulfonamides is 1. The van der Waals surface area contributed by atoms with Crippen LogP contribution in [-0.4, -0.2) is 27.2 Å². The van der Waals surface area contributed by atoms with Crippen LogP contribution in [-0.2, 0) is 14.8 Å². The fourth-order valence-electron chi connectivity index (χ4n) is 2.26. The Morgan fingerprint density at radius 1 is 1.14 bits per heavy atom. The lowest BCUT2D eigenvalue weighted by molar-refractivity contribution is -0.274. The number of alkyl halides is 3. The summed E-state index contributed by atoms with van der Waals surface area (Å²) in [5.74, 6) is -1.12. The van der Waals surface area contributed by atoms with Crippen molar-refractivity contribution in [2.75, 3.05) is 6.54 Å². The molecule has 1 unspecified atom stereocenters. The van der Waals surface area contributed by atoms with E-state index >= 15 is 0 Å². The Hall–Kier alpha value is -2.11. The maximum atomic E-state index is 12.2. The minimum Gasteiger partial charge on any atom is -0.406 e. The molecule has 0 heterocycles. The average Bonchev–Trinajstić information content (AvgIpc) is 2.59. The van der Waals surface area contributed by atoms with Crippen LogP contribution >= 0.6 is 15.9 Å². The summed E-state index contributed by atoms with van der Waals surface area (Å²) in [6.07, 6.45) is -4.87. The van der Waals surface area contributed by atoms with Crippen molar-refractivity contribution in [2.45, 2.75) is 24.2 Å². The number of ether oxygens (including phenoxy) is 1. The number of hydrogen-bond donors (Lipinski definition) is 2. The minimum absolute atomic E-state index is 0.298. The lowest BCUT2D eigenvalue weighted by Gasteiger charge is -2.16. The quantitative estimate of drug-likeness (QED) is 0.634. The molecule has 1 amide bonds. The first-order valence-electron chi connectivity index (χ1n) is 7.87. The van der Waals surface area contributed by atoms with Crippen LogP contribution in [0.5, 0.6) is 5.75 Å². The number of benzene rings is 2. The summed E-state index contributed by atoms with van der Waals surface area (Å²) in [6, 6.07) is 10.5. The monoisotopic (exact) mass is 480 g/mol. The maximum absolute atomic E-state index is 12.2. The van der Waals surface area contributed by atoms with Gasteiger partial charge in [0.1, 0.15) is 5.75 Å². The normalized spacial score (nSPS) is 13.0. The average molecular weight is 481 g/mol. The van der Waals surface area contributed by atoms with E-state index in [9.17, 15) is 26.4 Å². The van der Waals surface area contributed by atoms with Crippen LogP contribution in [0.1, 0.15) is 18.5 Å². The van der Waals surface area contributed by atoms with Crippen molar-refractivity contribution in [2.24, 2.45) is 0 Å². The van der Waals surface area contributed by atoms with E-state index in [0.29, 0.717) is 0 Å². The summed E-state index contributed by atoms with van der Waals surface area (Å²) in [7, 11) is -4.08. The third-order valence-corrected chi connectivity index (χ3v) is 5.68. The van der Waals surface area contributed by atoms with Gasteiger partial charge in [0.05, 0.1) is 17.5 Å². The smallest absolute Gasteiger partial charge is 0.406 e. The van der Waals surface area contributed by atoms with Crippen LogP contribution in [0.25, 0.3) is 0 Å².